The summed E-state index contributed by atoms with van der Waals surface area (Å²) in [7, 11) is -11.5. The van der Waals surface area contributed by atoms with Crippen LogP contribution in [0.5, 0.6) is 0 Å². The molecule has 0 radical (unpaired) electrons. The van der Waals surface area contributed by atoms with E-state index in [0.29, 0.717) is 0 Å². The van der Waals surface area contributed by atoms with Crippen molar-refractivity contribution in [3.63, 3.8) is 0 Å². The van der Waals surface area contributed by atoms with Crippen LogP contribution in [-0.2, 0) is 17.7 Å². The van der Waals surface area contributed by atoms with Crippen molar-refractivity contribution < 1.29 is 47.0 Å². The second-order valence-electron chi connectivity index (χ2n) is 3.36. The molecule has 0 spiro atoms. The Labute approximate surface area is 121 Å². The first kappa shape index (κ1) is 21.3. The largest absolute Gasteiger partial charge is 0.820 e. The lowest BCUT2D eigenvalue weighted by atomic mass is 9.99. The van der Waals surface area contributed by atoms with Gasteiger partial charge in [0.05, 0.1) is 20.8 Å². The molecule has 2 atom stereocenters. The summed E-state index contributed by atoms with van der Waals surface area (Å²) in [5, 5.41) is 0. The Bertz CT molecular complexity index is 252. The lowest BCUT2D eigenvalue weighted by Crippen LogP contribution is -2.36. The maximum absolute atomic E-state index is 11.3. The molecule has 0 aliphatic carbocycles. The van der Waals surface area contributed by atoms with Crippen LogP contribution in [0.3, 0.4) is 0 Å². The Morgan fingerprint density at radius 3 is 1.95 bits per heavy atom. The Morgan fingerprint density at radius 2 is 1.55 bits per heavy atom. The van der Waals surface area contributed by atoms with Gasteiger partial charge in [0.1, 0.15) is 0 Å². The van der Waals surface area contributed by atoms with Crippen molar-refractivity contribution in [2.24, 2.45) is 0 Å². The SMILES string of the molecule is CCC(CC)(COP(O)OP(O)O)OP([O-])OP([O-])[O-]. The summed E-state index contributed by atoms with van der Waals surface area (Å²) in [5.41, 5.74) is -1.17. The van der Waals surface area contributed by atoms with Crippen LogP contribution in [0.4, 0.5) is 0 Å². The molecule has 0 aromatic carbocycles. The van der Waals surface area contributed by atoms with E-state index in [1.54, 1.807) is 13.8 Å². The summed E-state index contributed by atoms with van der Waals surface area (Å²) in [5.74, 6) is 0. The average Bonchev–Trinajstić information content (AvgIpc) is 2.32. The predicted octanol–water partition coefficient (Wildman–Crippen LogP) is -0.423. The summed E-state index contributed by atoms with van der Waals surface area (Å²) >= 11 is 0. The van der Waals surface area contributed by atoms with E-state index in [1.807, 2.05) is 0 Å². The van der Waals surface area contributed by atoms with Gasteiger partial charge < -0.3 is 42.7 Å². The van der Waals surface area contributed by atoms with E-state index in [4.69, 9.17) is 18.8 Å². The monoisotopic (exact) mass is 371 g/mol. The Balaban J connectivity index is 4.44. The summed E-state index contributed by atoms with van der Waals surface area (Å²) < 4.78 is 18.1. The van der Waals surface area contributed by atoms with E-state index < -0.39 is 40.0 Å². The quantitative estimate of drug-likeness (QED) is 0.406. The van der Waals surface area contributed by atoms with E-state index in [1.165, 1.54) is 0 Å². The van der Waals surface area contributed by atoms with Crippen molar-refractivity contribution in [2.75, 3.05) is 6.61 Å². The molecule has 0 aromatic rings. The number of hydrogen-bond acceptors (Lipinski definition) is 10. The van der Waals surface area contributed by atoms with Crippen molar-refractivity contribution >= 4 is 34.4 Å². The van der Waals surface area contributed by atoms with Crippen LogP contribution >= 0.6 is 34.4 Å². The van der Waals surface area contributed by atoms with Gasteiger partial charge in [-0.3, -0.25) is 0 Å². The van der Waals surface area contributed by atoms with E-state index >= 15 is 0 Å². The maximum Gasteiger partial charge on any atom is 0.337 e. The van der Waals surface area contributed by atoms with Gasteiger partial charge in [-0.15, -0.1) is 0 Å². The standard InChI is InChI=1S/C6H15O10P4/c1-3-6(4-2,14-20(12)16-18(9)10)5-13-19(11)15-17(7)8/h7-8,11H,3-5H2,1-2H3/q-3. The third-order valence-electron chi connectivity index (χ3n) is 2.27. The van der Waals surface area contributed by atoms with Crippen LogP contribution in [0.1, 0.15) is 26.7 Å². The van der Waals surface area contributed by atoms with Gasteiger partial charge in [-0.25, -0.2) is 4.31 Å². The molecule has 2 unspecified atom stereocenters. The fourth-order valence-corrected chi connectivity index (χ4v) is 3.33. The van der Waals surface area contributed by atoms with Crippen LogP contribution in [0.25, 0.3) is 0 Å². The molecule has 10 nitrogen and oxygen atoms in total. The summed E-state index contributed by atoms with van der Waals surface area (Å²) in [4.78, 5) is 58.1. The van der Waals surface area contributed by atoms with Gasteiger partial charge in [-0.1, -0.05) is 13.8 Å². The fourth-order valence-electron chi connectivity index (χ4n) is 1.10. The zero-order valence-corrected chi connectivity index (χ0v) is 14.2. The highest BCUT2D eigenvalue weighted by molar-refractivity contribution is 7.54. The Kier molecular flexibility index (Phi) is 11.7. The maximum atomic E-state index is 11.3. The van der Waals surface area contributed by atoms with Crippen molar-refractivity contribution in [2.45, 2.75) is 32.3 Å². The first-order valence-electron chi connectivity index (χ1n) is 5.21. The molecule has 0 saturated carbocycles. The minimum Gasteiger partial charge on any atom is -0.820 e. The van der Waals surface area contributed by atoms with Gasteiger partial charge in [0.2, 0.25) is 0 Å². The van der Waals surface area contributed by atoms with E-state index in [0.717, 1.165) is 0 Å². The first-order chi connectivity index (χ1) is 9.24. The van der Waals surface area contributed by atoms with Crippen molar-refractivity contribution in [1.29, 1.82) is 0 Å². The molecule has 0 saturated heterocycles. The van der Waals surface area contributed by atoms with Crippen LogP contribution in [0.2, 0.25) is 0 Å². The molecule has 3 N–H and O–H groups in total. The zero-order valence-electron chi connectivity index (χ0n) is 10.6. The first-order valence-corrected chi connectivity index (χ1v) is 9.70. The van der Waals surface area contributed by atoms with Gasteiger partial charge in [0.15, 0.2) is 0 Å². The predicted molar refractivity (Wildman–Crippen MR) is 66.9 cm³/mol. The van der Waals surface area contributed by atoms with Gasteiger partial charge in [0.25, 0.3) is 0 Å². The molecule has 0 bridgehead atoms. The van der Waals surface area contributed by atoms with Crippen LogP contribution < -0.4 is 14.7 Å². The molecular weight excluding hydrogens is 356 g/mol. The molecule has 14 heteroatoms. The zero-order chi connectivity index (χ0) is 15.8. The second-order valence-corrected chi connectivity index (χ2v) is 6.98. The van der Waals surface area contributed by atoms with E-state index in [9.17, 15) is 19.6 Å². The molecule has 20 heavy (non-hydrogen) atoms. The van der Waals surface area contributed by atoms with Gasteiger partial charge in [0, 0.05) is 0 Å². The van der Waals surface area contributed by atoms with Crippen molar-refractivity contribution in [3.8, 4) is 0 Å². The minimum absolute atomic E-state index is 0.278. The molecule has 122 valence electrons. The normalized spacial score (nSPS) is 15.9. The highest BCUT2D eigenvalue weighted by Gasteiger charge is 2.31. The molecule has 0 aliphatic rings. The van der Waals surface area contributed by atoms with Crippen LogP contribution in [0.15, 0.2) is 0 Å². The van der Waals surface area contributed by atoms with Gasteiger partial charge in [-0.05, 0) is 12.8 Å². The van der Waals surface area contributed by atoms with Crippen molar-refractivity contribution in [1.82, 2.24) is 0 Å². The topological polar surface area (TPSA) is 167 Å². The second kappa shape index (κ2) is 10.9. The third-order valence-corrected chi connectivity index (χ3v) is 5.37. The summed E-state index contributed by atoms with van der Waals surface area (Å²) in [6.07, 6.45) is 0.555. The molecule has 0 amide bonds. The molecule has 0 fully saturated rings. The van der Waals surface area contributed by atoms with Crippen LogP contribution in [0, 0.1) is 0 Å². The highest BCUT2D eigenvalue weighted by atomic mass is 31.2. The van der Waals surface area contributed by atoms with Crippen LogP contribution in [-0.4, -0.2) is 26.9 Å². The lowest BCUT2D eigenvalue weighted by molar-refractivity contribution is -0.316. The lowest BCUT2D eigenvalue weighted by Gasteiger charge is -2.42. The number of rotatable bonds is 11. The van der Waals surface area contributed by atoms with Gasteiger partial charge in [-0.2, -0.15) is 8.60 Å². The minimum atomic E-state index is -3.32. The average molecular weight is 371 g/mol. The van der Waals surface area contributed by atoms with Crippen molar-refractivity contribution in [3.05, 3.63) is 0 Å². The fraction of sp³-hybridized carbons (Fsp3) is 1.00. The molecular formula is C6H15O10P4-3. The smallest absolute Gasteiger partial charge is 0.337 e. The molecule has 0 aliphatic heterocycles. The van der Waals surface area contributed by atoms with Gasteiger partial charge >= 0.3 is 17.2 Å². The molecule has 0 rings (SSSR count). The number of hydrogen-bond donors (Lipinski definition) is 3. The Morgan fingerprint density at radius 1 is 1.00 bits per heavy atom. The highest BCUT2D eigenvalue weighted by Crippen LogP contribution is 2.49. The summed E-state index contributed by atoms with van der Waals surface area (Å²) in [6, 6.07) is 0. The third kappa shape index (κ3) is 9.36. The molecule has 0 heterocycles. The van der Waals surface area contributed by atoms with E-state index in [2.05, 4.69) is 8.62 Å². The van der Waals surface area contributed by atoms with E-state index in [-0.39, 0.29) is 19.4 Å². The Hall–Kier alpha value is 1.32. The molecule has 0 aromatic heterocycles. The summed E-state index contributed by atoms with van der Waals surface area (Å²) in [6.45, 7) is 3.03.